The molecular weight excluding hydrogens is 398 g/mol. The summed E-state index contributed by atoms with van der Waals surface area (Å²) < 4.78 is 16.3. The molecule has 0 aromatic carbocycles. The fourth-order valence-corrected chi connectivity index (χ4v) is 5.51. The van der Waals surface area contributed by atoms with Crippen molar-refractivity contribution in [3.05, 3.63) is 35.9 Å². The van der Waals surface area contributed by atoms with Gasteiger partial charge >= 0.3 is 0 Å². The number of hydrogen-bond donors (Lipinski definition) is 1. The van der Waals surface area contributed by atoms with Crippen molar-refractivity contribution < 1.29 is 9.00 Å². The second-order valence-corrected chi connectivity index (χ2v) is 10.9. The normalized spacial score (nSPS) is 15.0. The Hall–Kier alpha value is -1.77. The molecule has 0 unspecified atom stereocenters. The molecule has 2 aromatic heterocycles. The fourth-order valence-electron chi connectivity index (χ4n) is 3.15. The van der Waals surface area contributed by atoms with E-state index in [1.165, 1.54) is 12.8 Å². The van der Waals surface area contributed by atoms with E-state index in [0.29, 0.717) is 24.7 Å². The molecule has 1 aliphatic rings. The highest BCUT2D eigenvalue weighted by molar-refractivity contribution is 8.00. The lowest BCUT2D eigenvalue weighted by molar-refractivity contribution is -0.118. The van der Waals surface area contributed by atoms with Crippen molar-refractivity contribution in [1.29, 1.82) is 0 Å². The second-order valence-electron chi connectivity index (χ2n) is 7.41. The molecule has 0 saturated heterocycles. The molecule has 9 heteroatoms. The number of thiol groups is 1. The summed E-state index contributed by atoms with van der Waals surface area (Å²) in [6.07, 6.45) is 9.55. The zero-order chi connectivity index (χ0) is 20.3. The van der Waals surface area contributed by atoms with Gasteiger partial charge in [0.05, 0.1) is 18.1 Å². The van der Waals surface area contributed by atoms with Crippen LogP contribution in [0.2, 0.25) is 5.15 Å². The molecule has 0 N–H and O–H groups in total. The van der Waals surface area contributed by atoms with Crippen molar-refractivity contribution in [1.82, 2.24) is 19.1 Å². The summed E-state index contributed by atoms with van der Waals surface area (Å²) in [7, 11) is -0.529. The van der Waals surface area contributed by atoms with Gasteiger partial charge in [0.25, 0.3) is 0 Å². The van der Waals surface area contributed by atoms with Crippen molar-refractivity contribution in [3.63, 3.8) is 0 Å². The third kappa shape index (κ3) is 4.98. The largest absolute Gasteiger partial charge is 0.308 e. The van der Waals surface area contributed by atoms with Gasteiger partial charge in [0.15, 0.2) is 5.15 Å². The van der Waals surface area contributed by atoms with Crippen molar-refractivity contribution >= 4 is 33.3 Å². The highest BCUT2D eigenvalue weighted by Crippen LogP contribution is 2.32. The van der Waals surface area contributed by atoms with E-state index in [-0.39, 0.29) is 17.5 Å². The lowest BCUT2D eigenvalue weighted by atomic mass is 10.3. The van der Waals surface area contributed by atoms with Crippen molar-refractivity contribution in [2.24, 2.45) is 5.92 Å². The Labute approximate surface area is 172 Å². The number of carbonyl (C=O) groups is 1. The average Bonchev–Trinajstić information content (AvgIpc) is 3.40. The van der Waals surface area contributed by atoms with Crippen LogP contribution in [0.15, 0.2) is 30.7 Å². The van der Waals surface area contributed by atoms with Gasteiger partial charge in [-0.1, -0.05) is 21.7 Å². The molecule has 2 aromatic rings. The third-order valence-corrected chi connectivity index (χ3v) is 8.24. The molecule has 3 rings (SSSR count). The standard InChI is InChI=1S/C19H28ClN5O2S/c1-4-24(17-13-25(22-19(17)20)16-6-5-10-21-12-16)18(26)9-11-23(2)28(3,27)14-15-7-8-15/h5-6,10,12-13,15,28H,4,7-9,11,14H2,1-3H3. The van der Waals surface area contributed by atoms with Crippen LogP contribution < -0.4 is 4.90 Å². The maximum atomic E-state index is 12.9. The summed E-state index contributed by atoms with van der Waals surface area (Å²) in [5.41, 5.74) is 1.34. The lowest BCUT2D eigenvalue weighted by Gasteiger charge is -2.30. The molecule has 28 heavy (non-hydrogen) atoms. The Kier molecular flexibility index (Phi) is 6.52. The van der Waals surface area contributed by atoms with Gasteiger partial charge in [-0.15, -0.1) is 0 Å². The predicted molar refractivity (Wildman–Crippen MR) is 115 cm³/mol. The van der Waals surface area contributed by atoms with Crippen LogP contribution in [0.3, 0.4) is 0 Å². The fraction of sp³-hybridized carbons (Fsp3) is 0.526. The smallest absolute Gasteiger partial charge is 0.228 e. The topological polar surface area (TPSA) is 71.3 Å². The molecule has 1 fully saturated rings. The van der Waals surface area contributed by atoms with Crippen LogP contribution in [-0.2, 0) is 14.9 Å². The van der Waals surface area contributed by atoms with E-state index >= 15 is 0 Å². The number of nitrogens with zero attached hydrogens (tertiary/aromatic N) is 5. The van der Waals surface area contributed by atoms with Crippen LogP contribution in [0, 0.1) is 5.92 Å². The van der Waals surface area contributed by atoms with Gasteiger partial charge in [0, 0.05) is 37.7 Å². The molecule has 1 saturated carbocycles. The Morgan fingerprint density at radius 1 is 1.43 bits per heavy atom. The van der Waals surface area contributed by atoms with Gasteiger partial charge in [0.2, 0.25) is 5.91 Å². The van der Waals surface area contributed by atoms with Crippen LogP contribution in [0.25, 0.3) is 5.69 Å². The maximum Gasteiger partial charge on any atom is 0.228 e. The number of amides is 1. The minimum absolute atomic E-state index is 0.0617. The van der Waals surface area contributed by atoms with Gasteiger partial charge in [-0.3, -0.25) is 14.0 Å². The van der Waals surface area contributed by atoms with Gasteiger partial charge in [-0.05, 0) is 44.9 Å². The Morgan fingerprint density at radius 3 is 2.79 bits per heavy atom. The SMILES string of the molecule is CCN(C(=O)CCN(C)[SH](C)(=O)CC1CC1)c1cn(-c2cccnc2)nc1Cl. The van der Waals surface area contributed by atoms with E-state index in [2.05, 4.69) is 10.1 Å². The van der Waals surface area contributed by atoms with Gasteiger partial charge < -0.3 is 4.90 Å². The number of rotatable bonds is 9. The summed E-state index contributed by atoms with van der Waals surface area (Å²) in [5, 5.41) is 4.57. The first kappa shape index (κ1) is 21.0. The first-order valence-electron chi connectivity index (χ1n) is 9.56. The Balaban J connectivity index is 1.66. The number of anilines is 1. The summed E-state index contributed by atoms with van der Waals surface area (Å²) in [6.45, 7) is 2.84. The number of aromatic nitrogens is 3. The van der Waals surface area contributed by atoms with Gasteiger partial charge in [0.1, 0.15) is 5.69 Å². The Bertz CT molecular complexity index is 868. The summed E-state index contributed by atoms with van der Waals surface area (Å²) in [5.74, 6) is 1.28. The minimum atomic E-state index is -2.38. The molecule has 2 heterocycles. The number of carbonyl (C=O) groups excluding carboxylic acids is 1. The molecule has 0 radical (unpaired) electrons. The highest BCUT2D eigenvalue weighted by Gasteiger charge is 2.29. The molecular formula is C19H28ClN5O2S. The number of hydrogen-bond acceptors (Lipinski definition) is 4. The molecule has 154 valence electrons. The molecule has 0 atom stereocenters. The molecule has 1 amide bonds. The number of halogens is 1. The Morgan fingerprint density at radius 2 is 2.18 bits per heavy atom. The first-order valence-corrected chi connectivity index (χ1v) is 12.2. The van der Waals surface area contributed by atoms with Crippen LogP contribution in [0.1, 0.15) is 26.2 Å². The van der Waals surface area contributed by atoms with Crippen LogP contribution in [0.4, 0.5) is 5.69 Å². The van der Waals surface area contributed by atoms with Crippen molar-refractivity contribution in [3.8, 4) is 5.69 Å². The maximum absolute atomic E-state index is 12.9. The zero-order valence-corrected chi connectivity index (χ0v) is 18.2. The zero-order valence-electron chi connectivity index (χ0n) is 16.6. The lowest BCUT2D eigenvalue weighted by Crippen LogP contribution is -2.39. The highest BCUT2D eigenvalue weighted by atomic mass is 35.5. The van der Waals surface area contributed by atoms with Gasteiger partial charge in [-0.2, -0.15) is 5.10 Å². The van der Waals surface area contributed by atoms with E-state index in [0.717, 1.165) is 11.4 Å². The molecule has 1 aliphatic carbocycles. The molecule has 0 aliphatic heterocycles. The van der Waals surface area contributed by atoms with E-state index in [4.69, 9.17) is 11.6 Å². The van der Waals surface area contributed by atoms with E-state index < -0.39 is 10.1 Å². The molecule has 0 bridgehead atoms. The van der Waals surface area contributed by atoms with E-state index in [1.807, 2.05) is 36.7 Å². The summed E-state index contributed by atoms with van der Waals surface area (Å²) in [6, 6.07) is 3.68. The first-order chi connectivity index (χ1) is 13.3. The van der Waals surface area contributed by atoms with Gasteiger partial charge in [-0.25, -0.2) is 8.99 Å². The number of pyridine rings is 1. The summed E-state index contributed by atoms with van der Waals surface area (Å²) >= 11 is 6.31. The monoisotopic (exact) mass is 425 g/mol. The summed E-state index contributed by atoms with van der Waals surface area (Å²) in [4.78, 5) is 18.5. The molecule has 7 nitrogen and oxygen atoms in total. The third-order valence-electron chi connectivity index (χ3n) is 5.14. The molecule has 0 spiro atoms. The van der Waals surface area contributed by atoms with Crippen LogP contribution in [0.5, 0.6) is 0 Å². The second kappa shape index (κ2) is 8.71. The van der Waals surface area contributed by atoms with Crippen LogP contribution >= 0.6 is 11.6 Å². The van der Waals surface area contributed by atoms with Crippen molar-refractivity contribution in [2.45, 2.75) is 26.2 Å². The predicted octanol–water partition coefficient (Wildman–Crippen LogP) is 2.57. The van der Waals surface area contributed by atoms with Crippen molar-refractivity contribution in [2.75, 3.05) is 37.0 Å². The average molecular weight is 426 g/mol. The van der Waals surface area contributed by atoms with Crippen LogP contribution in [-0.4, -0.2) is 61.3 Å². The van der Waals surface area contributed by atoms with E-state index in [1.54, 1.807) is 28.2 Å². The minimum Gasteiger partial charge on any atom is -0.308 e. The van der Waals surface area contributed by atoms with E-state index in [9.17, 15) is 9.00 Å². The quantitative estimate of drug-likeness (QED) is 0.627.